The van der Waals surface area contributed by atoms with Gasteiger partial charge in [-0.2, -0.15) is 0 Å². The quantitative estimate of drug-likeness (QED) is 0.810. The first-order valence-corrected chi connectivity index (χ1v) is 8.19. The highest BCUT2D eigenvalue weighted by molar-refractivity contribution is 5.27. The first-order valence-electron chi connectivity index (χ1n) is 8.19. The van der Waals surface area contributed by atoms with Crippen molar-refractivity contribution in [2.24, 2.45) is 5.41 Å². The number of benzene rings is 1. The van der Waals surface area contributed by atoms with Crippen LogP contribution < -0.4 is 5.32 Å². The molecule has 0 radical (unpaired) electrons. The van der Waals surface area contributed by atoms with E-state index >= 15 is 0 Å². The van der Waals surface area contributed by atoms with Gasteiger partial charge >= 0.3 is 0 Å². The van der Waals surface area contributed by atoms with Crippen LogP contribution in [0.3, 0.4) is 0 Å². The molecule has 2 unspecified atom stereocenters. The van der Waals surface area contributed by atoms with Gasteiger partial charge in [0, 0.05) is 24.5 Å². The molecule has 3 nitrogen and oxygen atoms in total. The zero-order valence-corrected chi connectivity index (χ0v) is 13.9. The van der Waals surface area contributed by atoms with Gasteiger partial charge < -0.3 is 10.4 Å². The van der Waals surface area contributed by atoms with E-state index in [9.17, 15) is 5.11 Å². The van der Waals surface area contributed by atoms with Gasteiger partial charge in [0.05, 0.1) is 6.10 Å². The van der Waals surface area contributed by atoms with Crippen molar-refractivity contribution >= 4 is 0 Å². The average molecular weight is 290 g/mol. The van der Waals surface area contributed by atoms with Crippen LogP contribution >= 0.6 is 0 Å². The van der Waals surface area contributed by atoms with Crippen molar-refractivity contribution in [1.29, 1.82) is 0 Å². The van der Waals surface area contributed by atoms with Crippen LogP contribution in [-0.2, 0) is 13.1 Å². The maximum absolute atomic E-state index is 9.83. The molecule has 1 aliphatic carbocycles. The van der Waals surface area contributed by atoms with Crippen molar-refractivity contribution in [2.75, 3.05) is 13.1 Å². The summed E-state index contributed by atoms with van der Waals surface area (Å²) in [6.07, 6.45) is 0.700. The minimum Gasteiger partial charge on any atom is -0.392 e. The van der Waals surface area contributed by atoms with Crippen molar-refractivity contribution in [3.05, 3.63) is 35.4 Å². The Hall–Kier alpha value is -0.900. The summed E-state index contributed by atoms with van der Waals surface area (Å²) in [7, 11) is 0. The molecule has 0 amide bonds. The number of aliphatic hydroxyl groups excluding tert-OH is 1. The third kappa shape index (κ3) is 3.65. The Balaban J connectivity index is 1.97. The molecular formula is C18H30N2O. The summed E-state index contributed by atoms with van der Waals surface area (Å²) in [4.78, 5) is 2.44. The Labute approximate surface area is 129 Å². The zero-order chi connectivity index (χ0) is 15.5. The molecule has 1 aromatic carbocycles. The van der Waals surface area contributed by atoms with Gasteiger partial charge in [0.2, 0.25) is 0 Å². The molecule has 1 fully saturated rings. The van der Waals surface area contributed by atoms with Gasteiger partial charge in [-0.3, -0.25) is 4.90 Å². The molecule has 2 rings (SSSR count). The fraction of sp³-hybridized carbons (Fsp3) is 0.667. The van der Waals surface area contributed by atoms with Crippen molar-refractivity contribution in [2.45, 2.75) is 59.4 Å². The number of aliphatic hydroxyl groups is 1. The molecule has 0 heterocycles. The van der Waals surface area contributed by atoms with Crippen LogP contribution in [0.15, 0.2) is 24.3 Å². The second kappa shape index (κ2) is 6.91. The Kier molecular flexibility index (Phi) is 5.42. The molecule has 0 saturated heterocycles. The van der Waals surface area contributed by atoms with Crippen molar-refractivity contribution < 1.29 is 5.11 Å². The topological polar surface area (TPSA) is 35.5 Å². The predicted molar refractivity (Wildman–Crippen MR) is 88.1 cm³/mol. The molecule has 0 aromatic heterocycles. The summed E-state index contributed by atoms with van der Waals surface area (Å²) in [6.45, 7) is 12.8. The molecule has 1 saturated carbocycles. The molecule has 0 spiro atoms. The predicted octanol–water partition coefficient (Wildman–Crippen LogP) is 2.78. The minimum absolute atomic E-state index is 0.00613. The summed E-state index contributed by atoms with van der Waals surface area (Å²) < 4.78 is 0. The minimum atomic E-state index is -0.166. The first kappa shape index (κ1) is 16.5. The molecule has 0 bridgehead atoms. The van der Waals surface area contributed by atoms with Crippen LogP contribution in [0.25, 0.3) is 0 Å². The van der Waals surface area contributed by atoms with Gasteiger partial charge in [0.25, 0.3) is 0 Å². The zero-order valence-electron chi connectivity index (χ0n) is 13.9. The molecular weight excluding hydrogens is 260 g/mol. The fourth-order valence-corrected chi connectivity index (χ4v) is 3.05. The van der Waals surface area contributed by atoms with E-state index in [1.807, 2.05) is 0 Å². The standard InChI is InChI=1S/C18H30N2O/c1-5-20(6-2)13-15-10-8-7-9-14(15)12-19-16-11-17(21)18(16,3)4/h7-10,16-17,19,21H,5-6,11-13H2,1-4H3. The number of nitrogens with zero attached hydrogens (tertiary/aromatic N) is 1. The summed E-state index contributed by atoms with van der Waals surface area (Å²) in [5, 5.41) is 13.5. The smallest absolute Gasteiger partial charge is 0.0621 e. The normalized spacial score (nSPS) is 24.1. The number of hydrogen-bond donors (Lipinski definition) is 2. The highest BCUT2D eigenvalue weighted by atomic mass is 16.3. The highest BCUT2D eigenvalue weighted by Crippen LogP contribution is 2.40. The van der Waals surface area contributed by atoms with Crippen LogP contribution in [0.1, 0.15) is 45.2 Å². The number of hydrogen-bond acceptors (Lipinski definition) is 3. The van der Waals surface area contributed by atoms with Crippen molar-refractivity contribution in [1.82, 2.24) is 10.2 Å². The van der Waals surface area contributed by atoms with Gasteiger partial charge in [-0.05, 0) is 30.6 Å². The van der Waals surface area contributed by atoms with E-state index < -0.39 is 0 Å². The SMILES string of the molecule is CCN(CC)Cc1ccccc1CNC1CC(O)C1(C)C. The molecule has 2 N–H and O–H groups in total. The maximum Gasteiger partial charge on any atom is 0.0621 e. The molecule has 1 aromatic rings. The van der Waals surface area contributed by atoms with Crippen LogP contribution in [0.5, 0.6) is 0 Å². The lowest BCUT2D eigenvalue weighted by Crippen LogP contribution is -2.59. The number of rotatable bonds is 7. The average Bonchev–Trinajstić information content (AvgIpc) is 2.49. The van der Waals surface area contributed by atoms with Gasteiger partial charge in [-0.15, -0.1) is 0 Å². The number of nitrogens with one attached hydrogen (secondary N) is 1. The molecule has 1 aliphatic rings. The second-order valence-electron chi connectivity index (χ2n) is 6.74. The Morgan fingerprint density at radius 2 is 1.81 bits per heavy atom. The Bertz CT molecular complexity index is 454. The van der Waals surface area contributed by atoms with Crippen LogP contribution in [0, 0.1) is 5.41 Å². The van der Waals surface area contributed by atoms with E-state index in [4.69, 9.17) is 0 Å². The summed E-state index contributed by atoms with van der Waals surface area (Å²) in [6, 6.07) is 9.10. The first-order chi connectivity index (χ1) is 9.98. The van der Waals surface area contributed by atoms with Crippen molar-refractivity contribution in [3.8, 4) is 0 Å². The third-order valence-electron chi connectivity index (χ3n) is 5.16. The van der Waals surface area contributed by atoms with Gasteiger partial charge in [0.15, 0.2) is 0 Å². The van der Waals surface area contributed by atoms with Crippen molar-refractivity contribution in [3.63, 3.8) is 0 Å². The fourth-order valence-electron chi connectivity index (χ4n) is 3.05. The third-order valence-corrected chi connectivity index (χ3v) is 5.16. The van der Waals surface area contributed by atoms with Gasteiger partial charge in [-0.1, -0.05) is 52.0 Å². The van der Waals surface area contributed by atoms with Crippen LogP contribution in [0.2, 0.25) is 0 Å². The van der Waals surface area contributed by atoms with E-state index in [1.54, 1.807) is 0 Å². The van der Waals surface area contributed by atoms with E-state index in [-0.39, 0.29) is 11.5 Å². The molecule has 118 valence electrons. The monoisotopic (exact) mass is 290 g/mol. The van der Waals surface area contributed by atoms with E-state index in [0.29, 0.717) is 6.04 Å². The second-order valence-corrected chi connectivity index (χ2v) is 6.74. The lowest BCUT2D eigenvalue weighted by atomic mass is 9.64. The lowest BCUT2D eigenvalue weighted by molar-refractivity contribution is -0.0730. The maximum atomic E-state index is 9.83. The van der Waals surface area contributed by atoms with Crippen LogP contribution in [-0.4, -0.2) is 35.2 Å². The van der Waals surface area contributed by atoms with E-state index in [2.05, 4.69) is 62.2 Å². The summed E-state index contributed by atoms with van der Waals surface area (Å²) >= 11 is 0. The van der Waals surface area contributed by atoms with Crippen LogP contribution in [0.4, 0.5) is 0 Å². The van der Waals surface area contributed by atoms with Gasteiger partial charge in [-0.25, -0.2) is 0 Å². The molecule has 3 heteroatoms. The molecule has 0 aliphatic heterocycles. The largest absolute Gasteiger partial charge is 0.392 e. The molecule has 21 heavy (non-hydrogen) atoms. The summed E-state index contributed by atoms with van der Waals surface area (Å²) in [5.74, 6) is 0. The summed E-state index contributed by atoms with van der Waals surface area (Å²) in [5.41, 5.74) is 2.78. The van der Waals surface area contributed by atoms with E-state index in [0.717, 1.165) is 32.6 Å². The van der Waals surface area contributed by atoms with Gasteiger partial charge in [0.1, 0.15) is 0 Å². The highest BCUT2D eigenvalue weighted by Gasteiger charge is 2.46. The lowest BCUT2D eigenvalue weighted by Gasteiger charge is -2.49. The van der Waals surface area contributed by atoms with E-state index in [1.165, 1.54) is 11.1 Å². The Morgan fingerprint density at radius 3 is 2.33 bits per heavy atom. The molecule has 2 atom stereocenters. The Morgan fingerprint density at radius 1 is 1.19 bits per heavy atom.